The Kier molecular flexibility index (Phi) is 2.69. The standard InChI is InChI=1S/C8H18N2/c1-7(9)8-4-3-5-10(2)6-8/h7-8H,3-6,9H2,1-2H3/t7?,8-/m1/s1. The molecule has 10 heavy (non-hydrogen) atoms. The van der Waals surface area contributed by atoms with E-state index in [9.17, 15) is 0 Å². The third-order valence-electron chi connectivity index (χ3n) is 2.40. The summed E-state index contributed by atoms with van der Waals surface area (Å²) in [4.78, 5) is 2.37. The van der Waals surface area contributed by atoms with E-state index in [0.29, 0.717) is 6.04 Å². The van der Waals surface area contributed by atoms with Gasteiger partial charge in [0, 0.05) is 12.6 Å². The lowest BCUT2D eigenvalue weighted by atomic mass is 9.93. The van der Waals surface area contributed by atoms with Gasteiger partial charge in [0.1, 0.15) is 0 Å². The summed E-state index contributed by atoms with van der Waals surface area (Å²) in [7, 11) is 2.18. The molecule has 0 spiro atoms. The van der Waals surface area contributed by atoms with Gasteiger partial charge in [-0.05, 0) is 39.3 Å². The molecule has 0 aromatic carbocycles. The molecule has 60 valence electrons. The Bertz CT molecular complexity index is 101. The van der Waals surface area contributed by atoms with E-state index in [1.54, 1.807) is 0 Å². The Hall–Kier alpha value is -0.0800. The van der Waals surface area contributed by atoms with E-state index in [-0.39, 0.29) is 0 Å². The van der Waals surface area contributed by atoms with Crippen LogP contribution >= 0.6 is 0 Å². The molecule has 2 atom stereocenters. The molecule has 0 saturated carbocycles. The summed E-state index contributed by atoms with van der Waals surface area (Å²) in [6, 6.07) is 0.378. The maximum Gasteiger partial charge on any atom is 0.00509 e. The van der Waals surface area contributed by atoms with Gasteiger partial charge >= 0.3 is 0 Å². The van der Waals surface area contributed by atoms with E-state index in [1.807, 2.05) is 0 Å². The summed E-state index contributed by atoms with van der Waals surface area (Å²) in [5.41, 5.74) is 5.80. The van der Waals surface area contributed by atoms with Crippen LogP contribution in [0.15, 0.2) is 0 Å². The molecule has 0 bridgehead atoms. The van der Waals surface area contributed by atoms with Crippen LogP contribution in [0, 0.1) is 5.92 Å². The van der Waals surface area contributed by atoms with Gasteiger partial charge in [0.2, 0.25) is 0 Å². The van der Waals surface area contributed by atoms with Crippen LogP contribution in [0.1, 0.15) is 19.8 Å². The van der Waals surface area contributed by atoms with Crippen molar-refractivity contribution < 1.29 is 0 Å². The number of hydrogen-bond acceptors (Lipinski definition) is 2. The quantitative estimate of drug-likeness (QED) is 0.583. The first kappa shape index (κ1) is 8.02. The largest absolute Gasteiger partial charge is 0.328 e. The van der Waals surface area contributed by atoms with Crippen LogP contribution in [0.4, 0.5) is 0 Å². The highest BCUT2D eigenvalue weighted by Crippen LogP contribution is 2.16. The van der Waals surface area contributed by atoms with E-state index < -0.39 is 0 Å². The van der Waals surface area contributed by atoms with Crippen LogP contribution in [-0.2, 0) is 0 Å². The highest BCUT2D eigenvalue weighted by Gasteiger charge is 2.19. The highest BCUT2D eigenvalue weighted by molar-refractivity contribution is 4.76. The Morgan fingerprint density at radius 1 is 1.60 bits per heavy atom. The van der Waals surface area contributed by atoms with Crippen LogP contribution in [0.5, 0.6) is 0 Å². The molecule has 0 aromatic rings. The van der Waals surface area contributed by atoms with Crippen LogP contribution in [0.25, 0.3) is 0 Å². The van der Waals surface area contributed by atoms with Gasteiger partial charge in [-0.25, -0.2) is 0 Å². The fraction of sp³-hybridized carbons (Fsp3) is 1.00. The first-order chi connectivity index (χ1) is 4.70. The van der Waals surface area contributed by atoms with Crippen molar-refractivity contribution in [2.75, 3.05) is 20.1 Å². The second kappa shape index (κ2) is 3.35. The van der Waals surface area contributed by atoms with Gasteiger partial charge < -0.3 is 10.6 Å². The third-order valence-corrected chi connectivity index (χ3v) is 2.40. The van der Waals surface area contributed by atoms with Crippen molar-refractivity contribution in [3.05, 3.63) is 0 Å². The maximum absolute atomic E-state index is 5.80. The summed E-state index contributed by atoms with van der Waals surface area (Å²) < 4.78 is 0. The molecule has 1 aliphatic heterocycles. The first-order valence-electron chi connectivity index (χ1n) is 4.14. The van der Waals surface area contributed by atoms with Gasteiger partial charge in [0.25, 0.3) is 0 Å². The van der Waals surface area contributed by atoms with E-state index in [2.05, 4.69) is 18.9 Å². The van der Waals surface area contributed by atoms with Gasteiger partial charge in [-0.3, -0.25) is 0 Å². The molecule has 2 heteroatoms. The lowest BCUT2D eigenvalue weighted by Gasteiger charge is -2.31. The number of nitrogens with zero attached hydrogens (tertiary/aromatic N) is 1. The molecule has 1 aliphatic rings. The van der Waals surface area contributed by atoms with Crippen molar-refractivity contribution >= 4 is 0 Å². The third kappa shape index (κ3) is 1.96. The Balaban J connectivity index is 2.32. The maximum atomic E-state index is 5.80. The fourth-order valence-electron chi connectivity index (χ4n) is 1.64. The molecule has 2 nitrogen and oxygen atoms in total. The summed E-state index contributed by atoms with van der Waals surface area (Å²) in [5.74, 6) is 0.735. The minimum Gasteiger partial charge on any atom is -0.328 e. The summed E-state index contributed by atoms with van der Waals surface area (Å²) >= 11 is 0. The van der Waals surface area contributed by atoms with Crippen molar-refractivity contribution in [3.8, 4) is 0 Å². The molecule has 1 saturated heterocycles. The van der Waals surface area contributed by atoms with Crippen LogP contribution in [0.3, 0.4) is 0 Å². The van der Waals surface area contributed by atoms with E-state index in [0.717, 1.165) is 5.92 Å². The summed E-state index contributed by atoms with van der Waals surface area (Å²) in [5, 5.41) is 0. The van der Waals surface area contributed by atoms with Crippen molar-refractivity contribution in [2.45, 2.75) is 25.8 Å². The van der Waals surface area contributed by atoms with Crippen molar-refractivity contribution in [3.63, 3.8) is 0 Å². The predicted octanol–water partition coefficient (Wildman–Crippen LogP) is 0.675. The van der Waals surface area contributed by atoms with Gasteiger partial charge in [-0.1, -0.05) is 0 Å². The van der Waals surface area contributed by atoms with Crippen LogP contribution in [0.2, 0.25) is 0 Å². The molecule has 0 amide bonds. The highest BCUT2D eigenvalue weighted by atomic mass is 15.1. The normalized spacial score (nSPS) is 32.1. The predicted molar refractivity (Wildman–Crippen MR) is 43.9 cm³/mol. The molecule has 1 rings (SSSR count). The molecule has 0 aromatic heterocycles. The number of likely N-dealkylation sites (tertiary alicyclic amines) is 1. The lowest BCUT2D eigenvalue weighted by Crippen LogP contribution is -2.40. The van der Waals surface area contributed by atoms with Crippen LogP contribution < -0.4 is 5.73 Å². The van der Waals surface area contributed by atoms with Crippen molar-refractivity contribution in [1.29, 1.82) is 0 Å². The minimum absolute atomic E-state index is 0.378. The zero-order valence-electron chi connectivity index (χ0n) is 7.01. The molecule has 1 heterocycles. The van der Waals surface area contributed by atoms with Crippen molar-refractivity contribution in [1.82, 2.24) is 4.90 Å². The second-order valence-electron chi connectivity index (χ2n) is 3.52. The van der Waals surface area contributed by atoms with Gasteiger partial charge in [-0.2, -0.15) is 0 Å². The number of hydrogen-bond donors (Lipinski definition) is 1. The smallest absolute Gasteiger partial charge is 0.00509 e. The molecule has 0 aliphatic carbocycles. The van der Waals surface area contributed by atoms with Gasteiger partial charge in [0.15, 0.2) is 0 Å². The average molecular weight is 142 g/mol. The molecule has 1 fully saturated rings. The van der Waals surface area contributed by atoms with Gasteiger partial charge in [0.05, 0.1) is 0 Å². The number of nitrogens with two attached hydrogens (primary N) is 1. The second-order valence-corrected chi connectivity index (χ2v) is 3.52. The van der Waals surface area contributed by atoms with E-state index >= 15 is 0 Å². The number of rotatable bonds is 1. The summed E-state index contributed by atoms with van der Waals surface area (Å²) in [6.07, 6.45) is 2.64. The minimum atomic E-state index is 0.378. The topological polar surface area (TPSA) is 29.3 Å². The van der Waals surface area contributed by atoms with E-state index in [1.165, 1.54) is 25.9 Å². The Labute approximate surface area is 63.4 Å². The molecule has 1 unspecified atom stereocenters. The Morgan fingerprint density at radius 2 is 2.30 bits per heavy atom. The fourth-order valence-corrected chi connectivity index (χ4v) is 1.64. The first-order valence-corrected chi connectivity index (χ1v) is 4.14. The monoisotopic (exact) mass is 142 g/mol. The van der Waals surface area contributed by atoms with Crippen molar-refractivity contribution in [2.24, 2.45) is 11.7 Å². The zero-order chi connectivity index (χ0) is 7.56. The zero-order valence-corrected chi connectivity index (χ0v) is 7.01. The SMILES string of the molecule is CC(N)[C@@H]1CCCN(C)C1. The lowest BCUT2D eigenvalue weighted by molar-refractivity contribution is 0.192. The van der Waals surface area contributed by atoms with Crippen LogP contribution in [-0.4, -0.2) is 31.1 Å². The molecular weight excluding hydrogens is 124 g/mol. The van der Waals surface area contributed by atoms with Gasteiger partial charge in [-0.15, -0.1) is 0 Å². The average Bonchev–Trinajstić information content (AvgIpc) is 1.88. The summed E-state index contributed by atoms with van der Waals surface area (Å²) in [6.45, 7) is 4.56. The molecule has 2 N–H and O–H groups in total. The molecule has 0 radical (unpaired) electrons. The molecular formula is C8H18N2. The number of piperidine rings is 1. The Morgan fingerprint density at radius 3 is 2.70 bits per heavy atom. The van der Waals surface area contributed by atoms with E-state index in [4.69, 9.17) is 5.73 Å².